The second-order valence-electron chi connectivity index (χ2n) is 9.04. The van der Waals surface area contributed by atoms with Crippen molar-refractivity contribution in [3.8, 4) is 0 Å². The Morgan fingerprint density at radius 3 is 2.72 bits per heavy atom. The number of fused-ring (bicyclic) bond motifs is 3. The zero-order chi connectivity index (χ0) is 23.0. The summed E-state index contributed by atoms with van der Waals surface area (Å²) in [6.45, 7) is 2.84. The quantitative estimate of drug-likeness (QED) is 0.482. The number of carbonyl (C=O) groups excluding carboxylic acids is 3. The predicted molar refractivity (Wildman–Crippen MR) is 111 cm³/mol. The lowest BCUT2D eigenvalue weighted by atomic mass is 10.1. The fourth-order valence-corrected chi connectivity index (χ4v) is 4.86. The van der Waals surface area contributed by atoms with Crippen LogP contribution >= 0.6 is 0 Å². The fraction of sp³-hybridized carbons (Fsp3) is 0.750. The third kappa shape index (κ3) is 4.48. The van der Waals surface area contributed by atoms with Crippen molar-refractivity contribution in [2.45, 2.75) is 69.1 Å². The van der Waals surface area contributed by atoms with Crippen LogP contribution in [0.25, 0.3) is 0 Å². The van der Waals surface area contributed by atoms with E-state index in [0.717, 1.165) is 0 Å². The topological polar surface area (TPSA) is 142 Å². The highest BCUT2D eigenvalue weighted by Gasteiger charge is 2.46. The lowest BCUT2D eigenvalue weighted by molar-refractivity contribution is -0.142. The van der Waals surface area contributed by atoms with Crippen molar-refractivity contribution in [2.75, 3.05) is 27.2 Å². The number of aliphatic hydroxyl groups is 1. The molecule has 3 fully saturated rings. The molecule has 3 aliphatic rings. The number of aromatic nitrogens is 3. The van der Waals surface area contributed by atoms with Crippen LogP contribution in [0.1, 0.15) is 37.9 Å². The van der Waals surface area contributed by atoms with E-state index in [1.807, 2.05) is 11.9 Å². The van der Waals surface area contributed by atoms with Gasteiger partial charge in [0.1, 0.15) is 11.7 Å². The molecule has 12 heteroatoms. The third-order valence-electron chi connectivity index (χ3n) is 6.63. The van der Waals surface area contributed by atoms with Crippen molar-refractivity contribution in [3.05, 3.63) is 11.9 Å². The number of nitrogens with zero attached hydrogens (tertiary/aromatic N) is 5. The number of aliphatic hydroxyl groups excluding tert-OH is 1. The van der Waals surface area contributed by atoms with Gasteiger partial charge in [0.25, 0.3) is 0 Å². The van der Waals surface area contributed by atoms with Crippen LogP contribution in [0.5, 0.6) is 0 Å². The first-order valence-corrected chi connectivity index (χ1v) is 10.9. The molecule has 0 radical (unpaired) electrons. The van der Waals surface area contributed by atoms with Gasteiger partial charge in [0.15, 0.2) is 0 Å². The van der Waals surface area contributed by atoms with Crippen LogP contribution in [0.3, 0.4) is 0 Å². The Kier molecular flexibility index (Phi) is 6.45. The Hall–Kier alpha value is -2.57. The number of hydrogen-bond acceptors (Lipinski definition) is 8. The standard InChI is InChI=1S/C20H31N7O5/c1-11-17(28)6-18(29)22-12-4-16(25(2)7-12)20(31)26-9-14(5-15(26)19(30)21-11)27-8-13(10-32-3)23-24-27/h8,11-12,14-17,28H,4-7,9-10H2,1-3H3,(H,21,30)(H,22,29)/t11-,12+,14-,15-,16-,17-/m0/s1. The summed E-state index contributed by atoms with van der Waals surface area (Å²) in [5.74, 6) is -0.777. The maximum Gasteiger partial charge on any atom is 0.243 e. The van der Waals surface area contributed by atoms with Crippen molar-refractivity contribution in [1.82, 2.24) is 35.4 Å². The number of amides is 3. The van der Waals surface area contributed by atoms with Crippen LogP contribution in [0.2, 0.25) is 0 Å². The lowest BCUT2D eigenvalue weighted by Gasteiger charge is -2.30. The minimum absolute atomic E-state index is 0.113. The molecule has 1 aromatic heterocycles. The molecule has 32 heavy (non-hydrogen) atoms. The summed E-state index contributed by atoms with van der Waals surface area (Å²) in [7, 11) is 3.42. The molecule has 3 aliphatic heterocycles. The molecule has 3 amide bonds. The third-order valence-corrected chi connectivity index (χ3v) is 6.63. The number of methoxy groups -OCH3 is 1. The Balaban J connectivity index is 1.61. The minimum Gasteiger partial charge on any atom is -0.390 e. The van der Waals surface area contributed by atoms with Gasteiger partial charge in [-0.2, -0.15) is 0 Å². The van der Waals surface area contributed by atoms with Gasteiger partial charge in [-0.1, -0.05) is 5.21 Å². The monoisotopic (exact) mass is 449 g/mol. The van der Waals surface area contributed by atoms with Gasteiger partial charge in [0.2, 0.25) is 17.7 Å². The molecule has 1 aromatic rings. The molecule has 3 N–H and O–H groups in total. The van der Waals surface area contributed by atoms with E-state index in [9.17, 15) is 19.5 Å². The van der Waals surface area contributed by atoms with Crippen LogP contribution in [0, 0.1) is 0 Å². The largest absolute Gasteiger partial charge is 0.390 e. The molecule has 2 bridgehead atoms. The first-order chi connectivity index (χ1) is 15.3. The molecule has 0 unspecified atom stereocenters. The minimum atomic E-state index is -1.03. The highest BCUT2D eigenvalue weighted by atomic mass is 16.5. The Labute approximate surface area is 186 Å². The highest BCUT2D eigenvalue weighted by Crippen LogP contribution is 2.30. The van der Waals surface area contributed by atoms with Gasteiger partial charge in [-0.3, -0.25) is 19.3 Å². The molecular formula is C20H31N7O5. The zero-order valence-corrected chi connectivity index (χ0v) is 18.6. The van der Waals surface area contributed by atoms with E-state index >= 15 is 0 Å². The van der Waals surface area contributed by atoms with Crippen LogP contribution in [0.15, 0.2) is 6.20 Å². The number of likely N-dealkylation sites (tertiary alicyclic amines) is 1. The van der Waals surface area contributed by atoms with Crippen molar-refractivity contribution < 1.29 is 24.2 Å². The van der Waals surface area contributed by atoms with Gasteiger partial charge >= 0.3 is 0 Å². The molecule has 176 valence electrons. The average molecular weight is 450 g/mol. The van der Waals surface area contributed by atoms with Crippen LogP contribution in [0.4, 0.5) is 0 Å². The van der Waals surface area contributed by atoms with Gasteiger partial charge < -0.3 is 25.4 Å². The molecule has 0 aromatic carbocycles. The second-order valence-corrected chi connectivity index (χ2v) is 9.04. The molecular weight excluding hydrogens is 418 g/mol. The maximum atomic E-state index is 13.5. The first-order valence-electron chi connectivity index (χ1n) is 10.9. The molecule has 0 saturated carbocycles. The van der Waals surface area contributed by atoms with Gasteiger partial charge in [0, 0.05) is 32.7 Å². The number of hydrogen-bond donors (Lipinski definition) is 3. The van der Waals surface area contributed by atoms with Gasteiger partial charge in [-0.25, -0.2) is 4.68 Å². The normalized spacial score (nSPS) is 34.4. The number of rotatable bonds is 3. The van der Waals surface area contributed by atoms with E-state index in [-0.39, 0.29) is 36.2 Å². The van der Waals surface area contributed by atoms with Crippen LogP contribution in [-0.4, -0.2) is 105 Å². The van der Waals surface area contributed by atoms with E-state index in [2.05, 4.69) is 20.9 Å². The molecule has 4 heterocycles. The van der Waals surface area contributed by atoms with Gasteiger partial charge in [0.05, 0.1) is 43.5 Å². The predicted octanol–water partition coefficient (Wildman–Crippen LogP) is -1.98. The van der Waals surface area contributed by atoms with E-state index in [1.54, 1.807) is 29.8 Å². The lowest BCUT2D eigenvalue weighted by Crippen LogP contribution is -2.54. The van der Waals surface area contributed by atoms with Crippen molar-refractivity contribution in [3.63, 3.8) is 0 Å². The van der Waals surface area contributed by atoms with E-state index in [1.165, 1.54) is 0 Å². The summed E-state index contributed by atoms with van der Waals surface area (Å²) in [5, 5.41) is 24.4. The van der Waals surface area contributed by atoms with Crippen molar-refractivity contribution in [1.29, 1.82) is 0 Å². The summed E-state index contributed by atoms with van der Waals surface area (Å²) in [5.41, 5.74) is 0.672. The van der Waals surface area contributed by atoms with E-state index in [0.29, 0.717) is 38.2 Å². The zero-order valence-electron chi connectivity index (χ0n) is 18.6. The molecule has 6 atom stereocenters. The molecule has 12 nitrogen and oxygen atoms in total. The summed E-state index contributed by atoms with van der Waals surface area (Å²) in [6.07, 6.45) is 1.48. The summed E-state index contributed by atoms with van der Waals surface area (Å²) in [4.78, 5) is 42.5. The average Bonchev–Trinajstić information content (AvgIpc) is 3.45. The fourth-order valence-electron chi connectivity index (χ4n) is 4.86. The molecule has 0 aliphatic carbocycles. The first kappa shape index (κ1) is 22.6. The summed E-state index contributed by atoms with van der Waals surface area (Å²) < 4.78 is 6.78. The highest BCUT2D eigenvalue weighted by molar-refractivity contribution is 5.91. The number of carbonyl (C=O) groups is 3. The molecule has 4 rings (SSSR count). The Bertz CT molecular complexity index is 876. The van der Waals surface area contributed by atoms with E-state index in [4.69, 9.17) is 4.74 Å². The summed E-state index contributed by atoms with van der Waals surface area (Å²) >= 11 is 0. The van der Waals surface area contributed by atoms with E-state index < -0.39 is 24.2 Å². The number of ether oxygens (including phenoxy) is 1. The smallest absolute Gasteiger partial charge is 0.243 e. The van der Waals surface area contributed by atoms with Crippen molar-refractivity contribution >= 4 is 17.7 Å². The number of nitrogens with one attached hydrogen (secondary N) is 2. The second kappa shape index (κ2) is 9.12. The van der Waals surface area contributed by atoms with Crippen LogP contribution < -0.4 is 10.6 Å². The SMILES string of the molecule is COCc1cn([C@H]2C[C@H]3C(=O)N[C@@H](C)[C@@H](O)CC(=O)N[C@@H]4C[C@@H](C(=O)N3C2)N(C)C4)nn1. The van der Waals surface area contributed by atoms with Crippen molar-refractivity contribution in [2.24, 2.45) is 0 Å². The Morgan fingerprint density at radius 2 is 1.97 bits per heavy atom. The molecule has 0 spiro atoms. The Morgan fingerprint density at radius 1 is 1.19 bits per heavy atom. The number of likely N-dealkylation sites (N-methyl/N-ethyl adjacent to an activating group) is 1. The summed E-state index contributed by atoms with van der Waals surface area (Å²) in [6, 6.07) is -2.16. The maximum absolute atomic E-state index is 13.5. The van der Waals surface area contributed by atoms with Gasteiger partial charge in [-0.15, -0.1) is 5.10 Å². The molecule has 3 saturated heterocycles. The van der Waals surface area contributed by atoms with Gasteiger partial charge in [-0.05, 0) is 20.4 Å². The van der Waals surface area contributed by atoms with Crippen LogP contribution in [-0.2, 0) is 25.7 Å².